The minimum absolute atomic E-state index is 0.0270. The summed E-state index contributed by atoms with van der Waals surface area (Å²) in [6.07, 6.45) is 3.41. The second-order valence-electron chi connectivity index (χ2n) is 9.20. The number of amides is 3. The normalized spacial score (nSPS) is 24.3. The first-order valence-corrected chi connectivity index (χ1v) is 12.1. The van der Waals surface area contributed by atoms with Crippen molar-refractivity contribution in [3.8, 4) is 0 Å². The van der Waals surface area contributed by atoms with E-state index in [-0.39, 0.29) is 42.0 Å². The molecule has 2 N–H and O–H groups in total. The smallest absolute Gasteiger partial charge is 0.404 e. The van der Waals surface area contributed by atoms with E-state index in [1.807, 2.05) is 15.9 Å². The molecule has 9 heteroatoms. The number of nitrogens with one attached hydrogen (secondary N) is 1. The van der Waals surface area contributed by atoms with Crippen LogP contribution in [0.2, 0.25) is 10.0 Å². The number of carbonyl (C=O) groups is 3. The van der Waals surface area contributed by atoms with Crippen molar-refractivity contribution in [1.82, 2.24) is 15.1 Å². The van der Waals surface area contributed by atoms with E-state index in [1.54, 1.807) is 12.1 Å². The van der Waals surface area contributed by atoms with Crippen LogP contribution < -0.4 is 5.32 Å². The maximum absolute atomic E-state index is 13.3. The first-order chi connectivity index (χ1) is 15.3. The molecule has 3 aliphatic rings. The number of rotatable bonds is 5. The van der Waals surface area contributed by atoms with Gasteiger partial charge in [-0.25, -0.2) is 4.79 Å². The average molecular weight is 482 g/mol. The number of likely N-dealkylation sites (tertiary alicyclic amines) is 2. The second-order valence-corrected chi connectivity index (χ2v) is 10.0. The molecule has 1 saturated carbocycles. The number of hydrogen-bond donors (Lipinski definition) is 2. The molecule has 1 aromatic rings. The largest absolute Gasteiger partial charge is 0.465 e. The Morgan fingerprint density at radius 1 is 0.938 bits per heavy atom. The fourth-order valence-electron chi connectivity index (χ4n) is 5.12. The molecule has 2 saturated heterocycles. The van der Waals surface area contributed by atoms with Crippen molar-refractivity contribution in [2.45, 2.75) is 38.0 Å². The molecule has 0 unspecified atom stereocenters. The third-order valence-corrected chi connectivity index (χ3v) is 7.99. The summed E-state index contributed by atoms with van der Waals surface area (Å²) in [5.74, 6) is 0.372. The quantitative estimate of drug-likeness (QED) is 0.668. The van der Waals surface area contributed by atoms with Crippen LogP contribution in [-0.4, -0.2) is 65.5 Å². The van der Waals surface area contributed by atoms with Gasteiger partial charge in [-0.05, 0) is 43.4 Å². The Morgan fingerprint density at radius 3 is 2.19 bits per heavy atom. The Hall–Kier alpha value is -1.99. The summed E-state index contributed by atoms with van der Waals surface area (Å²) in [6, 6.07) is 5.44. The molecule has 4 rings (SSSR count). The fourth-order valence-corrected chi connectivity index (χ4v) is 5.42. The summed E-state index contributed by atoms with van der Waals surface area (Å²) in [7, 11) is 0. The monoisotopic (exact) mass is 481 g/mol. The molecule has 0 radical (unpaired) electrons. The lowest BCUT2D eigenvalue weighted by atomic mass is 9.83. The van der Waals surface area contributed by atoms with E-state index in [1.165, 1.54) is 0 Å². The molecule has 0 spiro atoms. The van der Waals surface area contributed by atoms with E-state index in [0.717, 1.165) is 24.8 Å². The van der Waals surface area contributed by atoms with Crippen LogP contribution in [0.4, 0.5) is 4.79 Å². The van der Waals surface area contributed by atoms with E-state index in [4.69, 9.17) is 28.3 Å². The number of benzene rings is 1. The van der Waals surface area contributed by atoms with Gasteiger partial charge in [0, 0.05) is 56.4 Å². The lowest BCUT2D eigenvalue weighted by Gasteiger charge is -2.37. The van der Waals surface area contributed by atoms with Crippen molar-refractivity contribution >= 4 is 41.1 Å². The van der Waals surface area contributed by atoms with Gasteiger partial charge in [0.05, 0.1) is 10.0 Å². The summed E-state index contributed by atoms with van der Waals surface area (Å²) in [6.45, 7) is 2.55. The molecule has 2 atom stereocenters. The Kier molecular flexibility index (Phi) is 7.15. The van der Waals surface area contributed by atoms with E-state index >= 15 is 0 Å². The van der Waals surface area contributed by atoms with Gasteiger partial charge in [-0.3, -0.25) is 9.59 Å². The third kappa shape index (κ3) is 4.99. The summed E-state index contributed by atoms with van der Waals surface area (Å²) in [4.78, 5) is 40.6. The lowest BCUT2D eigenvalue weighted by molar-refractivity contribution is -0.143. The zero-order valence-electron chi connectivity index (χ0n) is 17.9. The molecule has 7 nitrogen and oxygen atoms in total. The van der Waals surface area contributed by atoms with Gasteiger partial charge >= 0.3 is 6.09 Å². The Bertz CT molecular complexity index is 884. The molecule has 0 aromatic heterocycles. The summed E-state index contributed by atoms with van der Waals surface area (Å²) >= 11 is 12.3. The van der Waals surface area contributed by atoms with Gasteiger partial charge in [-0.1, -0.05) is 35.7 Å². The fraction of sp³-hybridized carbons (Fsp3) is 0.609. The maximum Gasteiger partial charge on any atom is 0.404 e. The Balaban J connectivity index is 1.40. The van der Waals surface area contributed by atoms with Crippen molar-refractivity contribution in [2.75, 3.05) is 32.7 Å². The van der Waals surface area contributed by atoms with E-state index in [9.17, 15) is 14.4 Å². The van der Waals surface area contributed by atoms with Crippen molar-refractivity contribution in [2.24, 2.45) is 17.8 Å². The Morgan fingerprint density at radius 2 is 1.59 bits per heavy atom. The second kappa shape index (κ2) is 9.87. The highest BCUT2D eigenvalue weighted by Gasteiger charge is 2.40. The maximum atomic E-state index is 13.3. The molecular weight excluding hydrogens is 453 g/mol. The standard InChI is InChI=1S/C23H29Cl2N3O4/c24-19-5-4-16(10-20(19)25)18-13-28(12-17(18)11-26-23(31)32)22(30)15-6-8-27(9-7-15)21(29)14-2-1-3-14/h4-5,10,14-15,17-18,26H,1-3,6-9,11-13H2,(H,31,32)/t17-,18-/m0/s1. The van der Waals surface area contributed by atoms with Crippen molar-refractivity contribution < 1.29 is 19.5 Å². The Labute approximate surface area is 198 Å². The van der Waals surface area contributed by atoms with Crippen LogP contribution in [-0.2, 0) is 9.59 Å². The van der Waals surface area contributed by atoms with Crippen LogP contribution in [0.15, 0.2) is 18.2 Å². The molecular formula is C23H29Cl2N3O4. The molecule has 3 amide bonds. The molecule has 32 heavy (non-hydrogen) atoms. The summed E-state index contributed by atoms with van der Waals surface area (Å²) in [5.41, 5.74) is 0.952. The number of piperidine rings is 1. The van der Waals surface area contributed by atoms with E-state index < -0.39 is 6.09 Å². The molecule has 2 aliphatic heterocycles. The lowest BCUT2D eigenvalue weighted by Crippen LogP contribution is -2.46. The van der Waals surface area contributed by atoms with E-state index in [0.29, 0.717) is 49.1 Å². The average Bonchev–Trinajstić information content (AvgIpc) is 3.17. The minimum Gasteiger partial charge on any atom is -0.465 e. The molecule has 3 fully saturated rings. The van der Waals surface area contributed by atoms with Gasteiger partial charge in [0.1, 0.15) is 0 Å². The first-order valence-electron chi connectivity index (χ1n) is 11.3. The van der Waals surface area contributed by atoms with Gasteiger partial charge < -0.3 is 20.2 Å². The first kappa shape index (κ1) is 23.2. The van der Waals surface area contributed by atoms with Crippen LogP contribution in [0.3, 0.4) is 0 Å². The summed E-state index contributed by atoms with van der Waals surface area (Å²) in [5, 5.41) is 12.4. The van der Waals surface area contributed by atoms with Crippen molar-refractivity contribution in [1.29, 1.82) is 0 Å². The number of hydrogen-bond acceptors (Lipinski definition) is 3. The van der Waals surface area contributed by atoms with Crippen molar-refractivity contribution in [3.63, 3.8) is 0 Å². The number of carbonyl (C=O) groups excluding carboxylic acids is 2. The van der Waals surface area contributed by atoms with Gasteiger partial charge in [-0.2, -0.15) is 0 Å². The van der Waals surface area contributed by atoms with Gasteiger partial charge in [-0.15, -0.1) is 0 Å². The highest BCUT2D eigenvalue weighted by atomic mass is 35.5. The number of halogens is 2. The van der Waals surface area contributed by atoms with Crippen LogP contribution in [0, 0.1) is 17.8 Å². The number of carboxylic acid groups (broad SMARTS) is 1. The van der Waals surface area contributed by atoms with Crippen LogP contribution >= 0.6 is 23.2 Å². The molecule has 1 aliphatic carbocycles. The van der Waals surface area contributed by atoms with Crippen LogP contribution in [0.1, 0.15) is 43.6 Å². The number of nitrogens with zero attached hydrogens (tertiary/aromatic N) is 2. The molecule has 2 heterocycles. The summed E-state index contributed by atoms with van der Waals surface area (Å²) < 4.78 is 0. The topological polar surface area (TPSA) is 89.9 Å². The van der Waals surface area contributed by atoms with Gasteiger partial charge in [0.2, 0.25) is 11.8 Å². The molecule has 0 bridgehead atoms. The van der Waals surface area contributed by atoms with Crippen molar-refractivity contribution in [3.05, 3.63) is 33.8 Å². The van der Waals surface area contributed by atoms with Crippen LogP contribution in [0.5, 0.6) is 0 Å². The van der Waals surface area contributed by atoms with Gasteiger partial charge in [0.15, 0.2) is 0 Å². The zero-order valence-corrected chi connectivity index (χ0v) is 19.4. The zero-order chi connectivity index (χ0) is 22.8. The van der Waals surface area contributed by atoms with E-state index in [2.05, 4.69) is 5.32 Å². The predicted molar refractivity (Wildman–Crippen MR) is 122 cm³/mol. The highest BCUT2D eigenvalue weighted by Crippen LogP contribution is 2.37. The predicted octanol–water partition coefficient (Wildman–Crippen LogP) is 3.84. The van der Waals surface area contributed by atoms with Gasteiger partial charge in [0.25, 0.3) is 0 Å². The molecule has 1 aromatic carbocycles. The third-order valence-electron chi connectivity index (χ3n) is 7.25. The molecule has 174 valence electrons. The minimum atomic E-state index is -1.08. The SMILES string of the molecule is O=C(O)NC[C@H]1CN(C(=O)C2CCN(C(=O)C3CCC3)CC2)C[C@H]1c1ccc(Cl)c(Cl)c1. The highest BCUT2D eigenvalue weighted by molar-refractivity contribution is 6.42. The van der Waals surface area contributed by atoms with Crippen LogP contribution in [0.25, 0.3) is 0 Å².